The van der Waals surface area contributed by atoms with Gasteiger partial charge in [-0.15, -0.1) is 0 Å². The maximum Gasteiger partial charge on any atom is 0.122 e. The van der Waals surface area contributed by atoms with Crippen molar-refractivity contribution >= 4 is 0 Å². The Morgan fingerprint density at radius 1 is 1.30 bits per heavy atom. The fraction of sp³-hybridized carbons (Fsp3) is 0.647. The molecular weight excluding hydrogens is 248 g/mol. The van der Waals surface area contributed by atoms with Crippen LogP contribution >= 0.6 is 0 Å². The van der Waals surface area contributed by atoms with Gasteiger partial charge in [-0.25, -0.2) is 0 Å². The number of benzene rings is 1. The summed E-state index contributed by atoms with van der Waals surface area (Å²) in [7, 11) is 6.03. The van der Waals surface area contributed by atoms with Crippen molar-refractivity contribution in [3.05, 3.63) is 29.8 Å². The second-order valence-corrected chi connectivity index (χ2v) is 6.27. The summed E-state index contributed by atoms with van der Waals surface area (Å²) in [5.41, 5.74) is 1.37. The van der Waals surface area contributed by atoms with Gasteiger partial charge in [0, 0.05) is 12.1 Å². The van der Waals surface area contributed by atoms with Gasteiger partial charge in [-0.2, -0.15) is 0 Å². The van der Waals surface area contributed by atoms with E-state index in [2.05, 4.69) is 49.4 Å². The SMILES string of the molecule is COc1ccccc1C1CC(NC(C)CCN(C)C)C1. The molecule has 3 nitrogen and oxygen atoms in total. The van der Waals surface area contributed by atoms with E-state index in [0.29, 0.717) is 18.0 Å². The van der Waals surface area contributed by atoms with Crippen molar-refractivity contribution in [1.29, 1.82) is 0 Å². The molecule has 0 saturated heterocycles. The van der Waals surface area contributed by atoms with Crippen LogP contribution in [0.5, 0.6) is 5.75 Å². The number of ether oxygens (including phenoxy) is 1. The van der Waals surface area contributed by atoms with Crippen LogP contribution in [0.2, 0.25) is 0 Å². The quantitative estimate of drug-likeness (QED) is 0.829. The third kappa shape index (κ3) is 3.97. The van der Waals surface area contributed by atoms with Gasteiger partial charge in [0.1, 0.15) is 5.75 Å². The molecule has 1 saturated carbocycles. The van der Waals surface area contributed by atoms with E-state index < -0.39 is 0 Å². The molecule has 1 fully saturated rings. The normalized spacial score (nSPS) is 23.4. The lowest BCUT2D eigenvalue weighted by atomic mass is 9.75. The van der Waals surface area contributed by atoms with E-state index in [1.54, 1.807) is 7.11 Å². The largest absolute Gasteiger partial charge is 0.496 e. The Balaban J connectivity index is 1.77. The molecule has 1 unspecified atom stereocenters. The maximum atomic E-state index is 5.46. The summed E-state index contributed by atoms with van der Waals surface area (Å²) in [5.74, 6) is 1.70. The summed E-state index contributed by atoms with van der Waals surface area (Å²) in [6.07, 6.45) is 3.67. The minimum atomic E-state index is 0.598. The Kier molecular flexibility index (Phi) is 5.44. The van der Waals surface area contributed by atoms with E-state index in [9.17, 15) is 0 Å². The number of methoxy groups -OCH3 is 1. The van der Waals surface area contributed by atoms with Crippen LogP contribution in [0.15, 0.2) is 24.3 Å². The molecule has 0 radical (unpaired) electrons. The third-order valence-electron chi connectivity index (χ3n) is 4.25. The van der Waals surface area contributed by atoms with Crippen LogP contribution < -0.4 is 10.1 Å². The molecule has 0 spiro atoms. The summed E-state index contributed by atoms with van der Waals surface area (Å²) in [6.45, 7) is 3.44. The van der Waals surface area contributed by atoms with Gasteiger partial charge in [0.05, 0.1) is 7.11 Å². The Morgan fingerprint density at radius 2 is 2.00 bits per heavy atom. The topological polar surface area (TPSA) is 24.5 Å². The molecule has 112 valence electrons. The van der Waals surface area contributed by atoms with Gasteiger partial charge < -0.3 is 15.0 Å². The minimum absolute atomic E-state index is 0.598. The molecule has 1 atom stereocenters. The zero-order chi connectivity index (χ0) is 14.5. The second-order valence-electron chi connectivity index (χ2n) is 6.27. The zero-order valence-electron chi connectivity index (χ0n) is 13.2. The molecule has 3 heteroatoms. The molecular formula is C17H28N2O. The van der Waals surface area contributed by atoms with Gasteiger partial charge in [-0.1, -0.05) is 18.2 Å². The van der Waals surface area contributed by atoms with Gasteiger partial charge in [0.15, 0.2) is 0 Å². The molecule has 1 N–H and O–H groups in total. The fourth-order valence-electron chi connectivity index (χ4n) is 2.95. The predicted molar refractivity (Wildman–Crippen MR) is 84.5 cm³/mol. The van der Waals surface area contributed by atoms with Crippen molar-refractivity contribution in [2.75, 3.05) is 27.7 Å². The van der Waals surface area contributed by atoms with Crippen LogP contribution in [-0.2, 0) is 0 Å². The van der Waals surface area contributed by atoms with Crippen molar-refractivity contribution in [2.24, 2.45) is 0 Å². The van der Waals surface area contributed by atoms with Crippen molar-refractivity contribution in [3.8, 4) is 5.75 Å². The Labute approximate surface area is 123 Å². The highest BCUT2D eigenvalue weighted by molar-refractivity contribution is 5.37. The highest BCUT2D eigenvalue weighted by atomic mass is 16.5. The number of hydrogen-bond donors (Lipinski definition) is 1. The lowest BCUT2D eigenvalue weighted by molar-refractivity contribution is 0.251. The Morgan fingerprint density at radius 3 is 2.65 bits per heavy atom. The van der Waals surface area contributed by atoms with E-state index in [4.69, 9.17) is 4.74 Å². The van der Waals surface area contributed by atoms with E-state index in [0.717, 1.165) is 12.3 Å². The number of para-hydroxylation sites is 1. The van der Waals surface area contributed by atoms with Gasteiger partial charge in [0.25, 0.3) is 0 Å². The number of nitrogens with one attached hydrogen (secondary N) is 1. The lowest BCUT2D eigenvalue weighted by Crippen LogP contribution is -2.45. The zero-order valence-corrected chi connectivity index (χ0v) is 13.2. The summed E-state index contributed by atoms with van der Waals surface area (Å²) < 4.78 is 5.46. The van der Waals surface area contributed by atoms with Crippen molar-refractivity contribution in [3.63, 3.8) is 0 Å². The van der Waals surface area contributed by atoms with Crippen molar-refractivity contribution in [1.82, 2.24) is 10.2 Å². The van der Waals surface area contributed by atoms with Crippen LogP contribution in [0.4, 0.5) is 0 Å². The van der Waals surface area contributed by atoms with E-state index in [1.807, 2.05) is 6.07 Å². The van der Waals surface area contributed by atoms with Crippen molar-refractivity contribution < 1.29 is 4.74 Å². The standard InChI is InChI=1S/C17H28N2O/c1-13(9-10-19(2)3)18-15-11-14(12-15)16-7-5-6-8-17(16)20-4/h5-8,13-15,18H,9-12H2,1-4H3. The van der Waals surface area contributed by atoms with E-state index >= 15 is 0 Å². The molecule has 1 aliphatic rings. The monoisotopic (exact) mass is 276 g/mol. The van der Waals surface area contributed by atoms with Crippen LogP contribution in [0.1, 0.15) is 37.7 Å². The highest BCUT2D eigenvalue weighted by Crippen LogP contribution is 2.41. The van der Waals surface area contributed by atoms with Crippen LogP contribution in [0, 0.1) is 0 Å². The van der Waals surface area contributed by atoms with Gasteiger partial charge in [-0.05, 0) is 64.4 Å². The van der Waals surface area contributed by atoms with Crippen LogP contribution in [0.3, 0.4) is 0 Å². The van der Waals surface area contributed by atoms with E-state index in [1.165, 1.54) is 24.8 Å². The predicted octanol–water partition coefficient (Wildman–Crippen LogP) is 2.87. The van der Waals surface area contributed by atoms with Crippen LogP contribution in [-0.4, -0.2) is 44.7 Å². The van der Waals surface area contributed by atoms with Crippen molar-refractivity contribution in [2.45, 2.75) is 44.2 Å². The fourth-order valence-corrected chi connectivity index (χ4v) is 2.95. The van der Waals surface area contributed by atoms with Gasteiger partial charge in [0.2, 0.25) is 0 Å². The lowest BCUT2D eigenvalue weighted by Gasteiger charge is -2.38. The first kappa shape index (κ1) is 15.3. The molecule has 1 aliphatic carbocycles. The van der Waals surface area contributed by atoms with E-state index in [-0.39, 0.29) is 0 Å². The number of nitrogens with zero attached hydrogens (tertiary/aromatic N) is 1. The third-order valence-corrected chi connectivity index (χ3v) is 4.25. The molecule has 1 aromatic carbocycles. The molecule has 2 rings (SSSR count). The molecule has 0 aromatic heterocycles. The average molecular weight is 276 g/mol. The minimum Gasteiger partial charge on any atom is -0.496 e. The summed E-state index contributed by atoms with van der Waals surface area (Å²) in [5, 5.41) is 3.74. The molecule has 0 amide bonds. The molecule has 0 aliphatic heterocycles. The molecule has 20 heavy (non-hydrogen) atoms. The number of rotatable bonds is 7. The average Bonchev–Trinajstić information content (AvgIpc) is 2.40. The van der Waals surface area contributed by atoms with Gasteiger partial charge in [-0.3, -0.25) is 0 Å². The molecule has 1 aromatic rings. The Bertz CT molecular complexity index is 413. The second kappa shape index (κ2) is 7.09. The molecule has 0 heterocycles. The Hall–Kier alpha value is -1.06. The van der Waals surface area contributed by atoms with Gasteiger partial charge >= 0.3 is 0 Å². The molecule has 0 bridgehead atoms. The highest BCUT2D eigenvalue weighted by Gasteiger charge is 2.32. The maximum absolute atomic E-state index is 5.46. The summed E-state index contributed by atoms with van der Waals surface area (Å²) in [4.78, 5) is 2.25. The number of hydrogen-bond acceptors (Lipinski definition) is 3. The summed E-state index contributed by atoms with van der Waals surface area (Å²) in [6, 6.07) is 9.69. The van der Waals surface area contributed by atoms with Crippen LogP contribution in [0.25, 0.3) is 0 Å². The smallest absolute Gasteiger partial charge is 0.122 e. The summed E-state index contributed by atoms with van der Waals surface area (Å²) >= 11 is 0. The first-order chi connectivity index (χ1) is 9.60. The first-order valence-electron chi connectivity index (χ1n) is 7.63. The first-order valence-corrected chi connectivity index (χ1v) is 7.63.